The summed E-state index contributed by atoms with van der Waals surface area (Å²) in [5.74, 6) is -1.27. The minimum absolute atomic E-state index is 0.00740. The Balaban J connectivity index is 1.86. The smallest absolute Gasteiger partial charge is 0.328 e. The molecular formula is C21H15Cl2NO3. The zero-order valence-corrected chi connectivity index (χ0v) is 15.9. The molecule has 6 heteroatoms. The van der Waals surface area contributed by atoms with Crippen LogP contribution >= 0.6 is 23.2 Å². The molecule has 1 amide bonds. The minimum Gasteiger partial charge on any atom is -0.328 e. The van der Waals surface area contributed by atoms with Crippen molar-refractivity contribution in [2.24, 2.45) is 0 Å². The Morgan fingerprint density at radius 1 is 0.778 bits per heavy atom. The molecule has 0 spiro atoms. The summed E-state index contributed by atoms with van der Waals surface area (Å²) < 4.78 is 0. The van der Waals surface area contributed by atoms with Gasteiger partial charge >= 0.3 is 5.97 Å². The molecule has 0 saturated heterocycles. The molecule has 0 aliphatic carbocycles. The fourth-order valence-electron chi connectivity index (χ4n) is 2.54. The molecule has 0 saturated carbocycles. The van der Waals surface area contributed by atoms with E-state index >= 15 is 0 Å². The summed E-state index contributed by atoms with van der Waals surface area (Å²) in [5.41, 5.74) is 2.44. The highest BCUT2D eigenvalue weighted by molar-refractivity contribution is 6.39. The fraction of sp³-hybridized carbons (Fsp3) is 0.0476. The number of hydrogen-bond acceptors (Lipinski definition) is 3. The van der Waals surface area contributed by atoms with Crippen LogP contribution in [0.4, 0.5) is 5.69 Å². The molecule has 0 heterocycles. The quantitative estimate of drug-likeness (QED) is 0.523. The third-order valence-corrected chi connectivity index (χ3v) is 4.47. The van der Waals surface area contributed by atoms with E-state index < -0.39 is 11.9 Å². The van der Waals surface area contributed by atoms with Gasteiger partial charge in [0.2, 0.25) is 0 Å². The summed E-state index contributed by atoms with van der Waals surface area (Å²) in [6.07, 6.45) is 0. The molecule has 0 aliphatic rings. The van der Waals surface area contributed by atoms with Crippen molar-refractivity contribution in [3.8, 4) is 11.1 Å². The number of carbonyl (C=O) groups excluding carboxylic acids is 2. The van der Waals surface area contributed by atoms with Gasteiger partial charge in [0.15, 0.2) is 0 Å². The first-order valence-electron chi connectivity index (χ1n) is 8.10. The van der Waals surface area contributed by atoms with E-state index in [0.717, 1.165) is 16.2 Å². The molecule has 27 heavy (non-hydrogen) atoms. The molecule has 136 valence electrons. The van der Waals surface area contributed by atoms with Crippen molar-refractivity contribution in [1.82, 2.24) is 0 Å². The fourth-order valence-corrected chi connectivity index (χ4v) is 3.09. The normalized spacial score (nSPS) is 10.3. The van der Waals surface area contributed by atoms with Gasteiger partial charge in [0.05, 0.1) is 21.3 Å². The first-order valence-corrected chi connectivity index (χ1v) is 8.85. The predicted molar refractivity (Wildman–Crippen MR) is 107 cm³/mol. The van der Waals surface area contributed by atoms with Gasteiger partial charge in [-0.05, 0) is 35.4 Å². The Hall–Kier alpha value is -2.82. The van der Waals surface area contributed by atoms with Crippen molar-refractivity contribution in [3.63, 3.8) is 0 Å². The molecule has 0 bridgehead atoms. The maximum absolute atomic E-state index is 12.5. The van der Waals surface area contributed by atoms with Gasteiger partial charge < -0.3 is 4.84 Å². The summed E-state index contributed by atoms with van der Waals surface area (Å²) in [7, 11) is 0. The van der Waals surface area contributed by atoms with E-state index in [1.165, 1.54) is 19.1 Å². The summed E-state index contributed by atoms with van der Waals surface area (Å²) in [6, 6.07) is 21.5. The molecule has 0 N–H and O–H groups in total. The number of nitrogens with zero attached hydrogens (tertiary/aromatic N) is 1. The van der Waals surface area contributed by atoms with Gasteiger partial charge in [0, 0.05) is 6.92 Å². The van der Waals surface area contributed by atoms with Crippen LogP contribution in [-0.2, 0) is 9.63 Å². The first-order chi connectivity index (χ1) is 13.0. The van der Waals surface area contributed by atoms with Crippen LogP contribution in [0, 0.1) is 0 Å². The van der Waals surface area contributed by atoms with E-state index in [1.807, 2.05) is 42.5 Å². The standard InChI is InChI=1S/C21H15Cl2NO3/c1-14(25)24(27-21(26)20-18(22)8-5-9-19(20)23)17-12-10-16(11-13-17)15-6-3-2-4-7-15/h2-13H,1H3. The number of halogens is 2. The minimum atomic E-state index is -0.812. The molecule has 0 atom stereocenters. The second-order valence-corrected chi connectivity index (χ2v) is 6.52. The van der Waals surface area contributed by atoms with E-state index in [0.29, 0.717) is 5.69 Å². The number of hydroxylamine groups is 1. The Bertz CT molecular complexity index is 952. The average molecular weight is 400 g/mol. The van der Waals surface area contributed by atoms with Crippen LogP contribution in [0.5, 0.6) is 0 Å². The molecule has 0 unspecified atom stereocenters. The van der Waals surface area contributed by atoms with E-state index in [1.54, 1.807) is 18.2 Å². The van der Waals surface area contributed by atoms with E-state index in [2.05, 4.69) is 0 Å². The lowest BCUT2D eigenvalue weighted by Gasteiger charge is -2.20. The molecule has 3 rings (SSSR count). The zero-order chi connectivity index (χ0) is 19.4. The van der Waals surface area contributed by atoms with Gasteiger partial charge in [-0.2, -0.15) is 0 Å². The Labute approximate surface area is 166 Å². The number of benzene rings is 3. The van der Waals surface area contributed by atoms with Gasteiger partial charge in [-0.25, -0.2) is 4.79 Å². The Morgan fingerprint density at radius 2 is 1.33 bits per heavy atom. The zero-order valence-electron chi connectivity index (χ0n) is 14.4. The number of carbonyl (C=O) groups is 2. The van der Waals surface area contributed by atoms with Crippen LogP contribution in [0.1, 0.15) is 17.3 Å². The van der Waals surface area contributed by atoms with Crippen LogP contribution in [0.2, 0.25) is 10.0 Å². The molecule has 0 aliphatic heterocycles. The van der Waals surface area contributed by atoms with Crippen LogP contribution in [-0.4, -0.2) is 11.9 Å². The van der Waals surface area contributed by atoms with Crippen molar-refractivity contribution in [1.29, 1.82) is 0 Å². The third-order valence-electron chi connectivity index (χ3n) is 3.84. The van der Waals surface area contributed by atoms with Crippen molar-refractivity contribution >= 4 is 40.8 Å². The van der Waals surface area contributed by atoms with Crippen molar-refractivity contribution in [3.05, 3.63) is 88.4 Å². The number of amides is 1. The molecule has 0 radical (unpaired) electrons. The van der Waals surface area contributed by atoms with Gasteiger partial charge in [0.1, 0.15) is 0 Å². The second-order valence-electron chi connectivity index (χ2n) is 5.70. The molecule has 4 nitrogen and oxygen atoms in total. The summed E-state index contributed by atoms with van der Waals surface area (Å²) in [5, 5.41) is 1.21. The highest BCUT2D eigenvalue weighted by Crippen LogP contribution is 2.27. The largest absolute Gasteiger partial charge is 0.366 e. The molecule has 0 aromatic heterocycles. The van der Waals surface area contributed by atoms with Crippen molar-refractivity contribution in [2.45, 2.75) is 6.92 Å². The summed E-state index contributed by atoms with van der Waals surface area (Å²) in [6.45, 7) is 1.30. The molecule has 0 fully saturated rings. The van der Waals surface area contributed by atoms with E-state index in [4.69, 9.17) is 28.0 Å². The third kappa shape index (κ3) is 4.30. The highest BCUT2D eigenvalue weighted by Gasteiger charge is 2.22. The monoisotopic (exact) mass is 399 g/mol. The number of hydrogen-bond donors (Lipinski definition) is 0. The second kappa shape index (κ2) is 8.25. The van der Waals surface area contributed by atoms with Crippen molar-refractivity contribution in [2.75, 3.05) is 5.06 Å². The maximum atomic E-state index is 12.5. The lowest BCUT2D eigenvalue weighted by molar-refractivity contribution is -0.122. The topological polar surface area (TPSA) is 46.6 Å². The van der Waals surface area contributed by atoms with Crippen LogP contribution < -0.4 is 5.06 Å². The molecule has 3 aromatic carbocycles. The van der Waals surface area contributed by atoms with E-state index in [9.17, 15) is 9.59 Å². The summed E-state index contributed by atoms with van der Waals surface area (Å²) in [4.78, 5) is 29.8. The number of rotatable bonds is 3. The lowest BCUT2D eigenvalue weighted by atomic mass is 10.1. The van der Waals surface area contributed by atoms with Crippen molar-refractivity contribution < 1.29 is 14.4 Å². The Kier molecular flexibility index (Phi) is 5.79. The van der Waals surface area contributed by atoms with E-state index in [-0.39, 0.29) is 15.6 Å². The van der Waals surface area contributed by atoms with Gasteiger partial charge in [-0.3, -0.25) is 4.79 Å². The van der Waals surface area contributed by atoms with Crippen LogP contribution in [0.15, 0.2) is 72.8 Å². The highest BCUT2D eigenvalue weighted by atomic mass is 35.5. The van der Waals surface area contributed by atoms with Gasteiger partial charge in [-0.15, -0.1) is 5.06 Å². The average Bonchev–Trinajstić information content (AvgIpc) is 2.66. The van der Waals surface area contributed by atoms with Crippen LogP contribution in [0.3, 0.4) is 0 Å². The number of anilines is 1. The first kappa shape index (κ1) is 19.0. The maximum Gasteiger partial charge on any atom is 0.366 e. The van der Waals surface area contributed by atoms with Gasteiger partial charge in [-0.1, -0.05) is 71.7 Å². The Morgan fingerprint density at radius 3 is 1.89 bits per heavy atom. The van der Waals surface area contributed by atoms with Gasteiger partial charge in [0.25, 0.3) is 5.91 Å². The molecular weight excluding hydrogens is 385 g/mol. The molecule has 3 aromatic rings. The lowest BCUT2D eigenvalue weighted by Crippen LogP contribution is -2.31. The van der Waals surface area contributed by atoms with Crippen LogP contribution in [0.25, 0.3) is 11.1 Å². The summed E-state index contributed by atoms with van der Waals surface area (Å²) >= 11 is 12.1. The predicted octanol–water partition coefficient (Wildman–Crippen LogP) is 5.79. The SMILES string of the molecule is CC(=O)N(OC(=O)c1c(Cl)cccc1Cl)c1ccc(-c2ccccc2)cc1.